The first kappa shape index (κ1) is 23.6. The molecule has 2 rings (SSSR count). The van der Waals surface area contributed by atoms with Gasteiger partial charge in [0.15, 0.2) is 0 Å². The first-order chi connectivity index (χ1) is 11.1. The Morgan fingerprint density at radius 1 is 0.957 bits per heavy atom. The molecule has 0 saturated heterocycles. The van der Waals surface area contributed by atoms with Gasteiger partial charge in [-0.05, 0) is 59.4 Å². The second kappa shape index (κ2) is 12.9. The molecule has 0 unspecified atom stereocenters. The van der Waals surface area contributed by atoms with Gasteiger partial charge >= 0.3 is 0 Å². The van der Waals surface area contributed by atoms with Crippen LogP contribution in [0.3, 0.4) is 0 Å². The van der Waals surface area contributed by atoms with Gasteiger partial charge in [0.25, 0.3) is 0 Å². The fraction of sp³-hybridized carbons (Fsp3) is 0.455. The number of aryl methyl sites for hydroxylation is 3. The number of fused-ring (bicyclic) bond motifs is 1. The Morgan fingerprint density at radius 2 is 1.48 bits per heavy atom. The molecule has 2 aromatic carbocycles. The van der Waals surface area contributed by atoms with Gasteiger partial charge in [-0.3, -0.25) is 0 Å². The molecule has 0 atom stereocenters. The van der Waals surface area contributed by atoms with E-state index in [1.807, 2.05) is 67.5 Å². The van der Waals surface area contributed by atoms with Crippen LogP contribution in [0.1, 0.15) is 70.7 Å². The fourth-order valence-corrected chi connectivity index (χ4v) is 2.54. The minimum atomic E-state index is -0.139. The van der Waals surface area contributed by atoms with E-state index >= 15 is 0 Å². The van der Waals surface area contributed by atoms with Crippen molar-refractivity contribution in [3.05, 3.63) is 52.8 Å². The van der Waals surface area contributed by atoms with Gasteiger partial charge in [-0.1, -0.05) is 73.3 Å². The molecule has 1 heteroatoms. The Bertz CT molecular complexity index is 595. The Morgan fingerprint density at radius 3 is 1.91 bits per heavy atom. The highest BCUT2D eigenvalue weighted by molar-refractivity contribution is 5.92. The Labute approximate surface area is 143 Å². The molecule has 0 radical (unpaired) electrons. The third-order valence-electron chi connectivity index (χ3n) is 3.47. The standard InChI is InChI=1S/C16H17F.3C2H6/c1-5-12-9-13-7-8-15(17)11(4)16(13)10(3)14(12)6-2;3*1-2/h6-9H,2,5H2,1,3-4H3;3*1-2H3. The molecule has 0 aliphatic heterocycles. The molecule has 23 heavy (non-hydrogen) atoms. The third kappa shape index (κ3) is 5.49. The third-order valence-corrected chi connectivity index (χ3v) is 3.47. The summed E-state index contributed by atoms with van der Waals surface area (Å²) in [5.74, 6) is -0.139. The Balaban J connectivity index is 0. The van der Waals surface area contributed by atoms with Crippen LogP contribution in [0, 0.1) is 19.7 Å². The maximum Gasteiger partial charge on any atom is 0.126 e. The van der Waals surface area contributed by atoms with Crippen LogP contribution in [0.5, 0.6) is 0 Å². The SMILES string of the molecule is C=Cc1c(CC)cc2ccc(F)c(C)c2c1C.CC.CC.CC. The molecule has 0 aromatic heterocycles. The quantitative estimate of drug-likeness (QED) is 0.528. The molecule has 0 saturated carbocycles. The van der Waals surface area contributed by atoms with Crippen LogP contribution in [-0.4, -0.2) is 0 Å². The number of hydrogen-bond donors (Lipinski definition) is 0. The topological polar surface area (TPSA) is 0 Å². The molecular weight excluding hydrogens is 283 g/mol. The molecule has 0 spiro atoms. The van der Waals surface area contributed by atoms with E-state index in [9.17, 15) is 4.39 Å². The highest BCUT2D eigenvalue weighted by atomic mass is 19.1. The molecule has 130 valence electrons. The summed E-state index contributed by atoms with van der Waals surface area (Å²) >= 11 is 0. The van der Waals surface area contributed by atoms with Crippen molar-refractivity contribution < 1.29 is 4.39 Å². The molecule has 0 aliphatic carbocycles. The Kier molecular flexibility index (Phi) is 13.2. The van der Waals surface area contributed by atoms with Crippen LogP contribution < -0.4 is 0 Å². The van der Waals surface area contributed by atoms with E-state index in [-0.39, 0.29) is 5.82 Å². The molecule has 0 amide bonds. The summed E-state index contributed by atoms with van der Waals surface area (Å²) in [6, 6.07) is 5.55. The summed E-state index contributed by atoms with van der Waals surface area (Å²) in [5.41, 5.74) is 4.28. The predicted molar refractivity (Wildman–Crippen MR) is 107 cm³/mol. The summed E-state index contributed by atoms with van der Waals surface area (Å²) in [6.45, 7) is 21.9. The zero-order valence-corrected chi connectivity index (χ0v) is 16.6. The van der Waals surface area contributed by atoms with Crippen molar-refractivity contribution >= 4 is 16.8 Å². The van der Waals surface area contributed by atoms with Gasteiger partial charge in [-0.25, -0.2) is 4.39 Å². The van der Waals surface area contributed by atoms with Gasteiger partial charge in [-0.15, -0.1) is 0 Å². The highest BCUT2D eigenvalue weighted by Gasteiger charge is 2.11. The van der Waals surface area contributed by atoms with Gasteiger partial charge in [-0.2, -0.15) is 0 Å². The van der Waals surface area contributed by atoms with Crippen LogP contribution in [0.2, 0.25) is 0 Å². The van der Waals surface area contributed by atoms with E-state index < -0.39 is 0 Å². The van der Waals surface area contributed by atoms with E-state index in [1.165, 1.54) is 5.56 Å². The van der Waals surface area contributed by atoms with E-state index in [4.69, 9.17) is 0 Å². The average molecular weight is 319 g/mol. The Hall–Kier alpha value is -1.63. The summed E-state index contributed by atoms with van der Waals surface area (Å²) < 4.78 is 13.6. The van der Waals surface area contributed by atoms with Crippen LogP contribution in [0.15, 0.2) is 24.8 Å². The predicted octanol–water partition coefficient (Wildman–Crippen LogP) is 7.88. The van der Waals surface area contributed by atoms with E-state index in [0.717, 1.165) is 33.9 Å². The number of benzene rings is 2. The van der Waals surface area contributed by atoms with Crippen LogP contribution >= 0.6 is 0 Å². The van der Waals surface area contributed by atoms with Crippen molar-refractivity contribution in [3.8, 4) is 0 Å². The van der Waals surface area contributed by atoms with Crippen LogP contribution in [0.4, 0.5) is 4.39 Å². The summed E-state index contributed by atoms with van der Waals surface area (Å²) in [5, 5.41) is 2.14. The van der Waals surface area contributed by atoms with Gasteiger partial charge < -0.3 is 0 Å². The molecule has 0 N–H and O–H groups in total. The van der Waals surface area contributed by atoms with Crippen molar-refractivity contribution in [2.24, 2.45) is 0 Å². The summed E-state index contributed by atoms with van der Waals surface area (Å²) in [6.07, 6.45) is 2.84. The normalized spacial score (nSPS) is 8.78. The molecule has 2 aromatic rings. The summed E-state index contributed by atoms with van der Waals surface area (Å²) in [7, 11) is 0. The van der Waals surface area contributed by atoms with Gasteiger partial charge in [0.2, 0.25) is 0 Å². The van der Waals surface area contributed by atoms with Crippen LogP contribution in [-0.2, 0) is 6.42 Å². The van der Waals surface area contributed by atoms with Gasteiger partial charge in [0.05, 0.1) is 0 Å². The number of hydrogen-bond acceptors (Lipinski definition) is 0. The van der Waals surface area contributed by atoms with E-state index in [2.05, 4.69) is 19.6 Å². The smallest absolute Gasteiger partial charge is 0.126 e. The molecule has 0 aliphatic rings. The van der Waals surface area contributed by atoms with Crippen LogP contribution in [0.25, 0.3) is 16.8 Å². The van der Waals surface area contributed by atoms with Crippen molar-refractivity contribution in [1.82, 2.24) is 0 Å². The first-order valence-corrected chi connectivity index (χ1v) is 8.93. The summed E-state index contributed by atoms with van der Waals surface area (Å²) in [4.78, 5) is 0. The van der Waals surface area contributed by atoms with E-state index in [0.29, 0.717) is 0 Å². The second-order valence-electron chi connectivity index (χ2n) is 4.40. The van der Waals surface area contributed by atoms with Crippen molar-refractivity contribution in [2.45, 2.75) is 68.7 Å². The second-order valence-corrected chi connectivity index (χ2v) is 4.40. The molecule has 0 fully saturated rings. The van der Waals surface area contributed by atoms with Crippen molar-refractivity contribution in [3.63, 3.8) is 0 Å². The molecule has 0 heterocycles. The minimum Gasteiger partial charge on any atom is -0.207 e. The van der Waals surface area contributed by atoms with Gasteiger partial charge in [0, 0.05) is 0 Å². The lowest BCUT2D eigenvalue weighted by Crippen LogP contribution is -1.95. The molecule has 0 nitrogen and oxygen atoms in total. The van der Waals surface area contributed by atoms with Crippen molar-refractivity contribution in [2.75, 3.05) is 0 Å². The molecular formula is C22H35F. The molecule has 0 bridgehead atoms. The zero-order valence-electron chi connectivity index (χ0n) is 16.6. The average Bonchev–Trinajstić information content (AvgIpc) is 2.62. The van der Waals surface area contributed by atoms with Gasteiger partial charge in [0.1, 0.15) is 5.82 Å². The maximum absolute atomic E-state index is 13.6. The zero-order chi connectivity index (χ0) is 18.6. The number of halogens is 1. The largest absolute Gasteiger partial charge is 0.207 e. The monoisotopic (exact) mass is 318 g/mol. The maximum atomic E-state index is 13.6. The lowest BCUT2D eigenvalue weighted by atomic mass is 9.91. The fourth-order valence-electron chi connectivity index (χ4n) is 2.54. The van der Waals surface area contributed by atoms with E-state index in [1.54, 1.807) is 6.07 Å². The number of rotatable bonds is 2. The first-order valence-electron chi connectivity index (χ1n) is 8.93. The lowest BCUT2D eigenvalue weighted by molar-refractivity contribution is 0.621. The minimum absolute atomic E-state index is 0.139. The van der Waals surface area contributed by atoms with Crippen molar-refractivity contribution in [1.29, 1.82) is 0 Å². The highest BCUT2D eigenvalue weighted by Crippen LogP contribution is 2.30. The lowest BCUT2D eigenvalue weighted by Gasteiger charge is -2.14.